The van der Waals surface area contributed by atoms with Gasteiger partial charge in [-0.1, -0.05) is 23.4 Å². The van der Waals surface area contributed by atoms with Crippen LogP contribution in [0.4, 0.5) is 4.39 Å². The van der Waals surface area contributed by atoms with Gasteiger partial charge in [0.15, 0.2) is 0 Å². The van der Waals surface area contributed by atoms with Crippen LogP contribution in [-0.2, 0) is 6.54 Å². The number of H-pyrrole nitrogens is 1. The zero-order valence-electron chi connectivity index (χ0n) is 14.0. The maximum Gasteiger partial charge on any atom is 0.290 e. The molecule has 0 aliphatic heterocycles. The molecule has 27 heavy (non-hydrogen) atoms. The number of amides is 1. The largest absolute Gasteiger partial charge is 0.351 e. The molecule has 134 valence electrons. The molecule has 0 spiro atoms. The van der Waals surface area contributed by atoms with E-state index in [0.29, 0.717) is 28.5 Å². The number of carbonyl (C=O) groups excluding carboxylic acids is 1. The topological polar surface area (TPSA) is 96.7 Å². The smallest absolute Gasteiger partial charge is 0.290 e. The van der Waals surface area contributed by atoms with Crippen molar-refractivity contribution < 1.29 is 13.7 Å². The van der Waals surface area contributed by atoms with Crippen LogP contribution in [0.1, 0.15) is 16.4 Å². The van der Waals surface area contributed by atoms with Gasteiger partial charge in [-0.15, -0.1) is 0 Å². The number of hydrogen-bond acceptors (Lipinski definition) is 5. The molecule has 3 aromatic heterocycles. The van der Waals surface area contributed by atoms with E-state index in [1.165, 1.54) is 24.4 Å². The maximum atomic E-state index is 13.7. The number of halogens is 1. The molecule has 2 N–H and O–H groups in total. The number of carbonyl (C=O) groups is 1. The fourth-order valence-corrected chi connectivity index (χ4v) is 2.63. The second-order valence-corrected chi connectivity index (χ2v) is 5.69. The number of pyridine rings is 1. The van der Waals surface area contributed by atoms with E-state index in [-0.39, 0.29) is 18.1 Å². The Morgan fingerprint density at radius 2 is 2.07 bits per heavy atom. The molecular weight excluding hydrogens is 349 g/mol. The van der Waals surface area contributed by atoms with Crippen molar-refractivity contribution in [3.8, 4) is 22.6 Å². The first kappa shape index (κ1) is 16.6. The summed E-state index contributed by atoms with van der Waals surface area (Å²) in [5.74, 6) is -0.155. The Morgan fingerprint density at radius 3 is 2.81 bits per heavy atom. The zero-order valence-corrected chi connectivity index (χ0v) is 14.0. The molecule has 0 aliphatic rings. The second-order valence-electron chi connectivity index (χ2n) is 5.69. The van der Waals surface area contributed by atoms with Crippen LogP contribution in [0.2, 0.25) is 0 Å². The minimum atomic E-state index is -0.407. The van der Waals surface area contributed by atoms with Gasteiger partial charge in [0.2, 0.25) is 5.76 Å². The number of aromatic amines is 1. The number of benzene rings is 1. The third-order valence-electron chi connectivity index (χ3n) is 3.85. The van der Waals surface area contributed by atoms with E-state index in [1.54, 1.807) is 24.4 Å². The third-order valence-corrected chi connectivity index (χ3v) is 3.85. The lowest BCUT2D eigenvalue weighted by Gasteiger charge is -2.02. The summed E-state index contributed by atoms with van der Waals surface area (Å²) in [4.78, 5) is 24.0. The van der Waals surface area contributed by atoms with Gasteiger partial charge in [0.25, 0.3) is 5.91 Å². The molecule has 4 rings (SSSR count). The van der Waals surface area contributed by atoms with Crippen LogP contribution in [0, 0.1) is 5.82 Å². The molecule has 3 heterocycles. The highest BCUT2D eigenvalue weighted by molar-refractivity contribution is 5.91. The fraction of sp³-hybridized carbons (Fsp3) is 0.0526. The molecule has 4 aromatic rings. The molecule has 0 saturated heterocycles. The predicted octanol–water partition coefficient (Wildman–Crippen LogP) is 3.20. The lowest BCUT2D eigenvalue weighted by Crippen LogP contribution is -2.22. The van der Waals surface area contributed by atoms with Crippen molar-refractivity contribution in [2.24, 2.45) is 0 Å². The van der Waals surface area contributed by atoms with Crippen molar-refractivity contribution in [2.45, 2.75) is 6.54 Å². The van der Waals surface area contributed by atoms with Crippen molar-refractivity contribution >= 4 is 5.91 Å². The number of nitrogens with zero attached hydrogens (tertiary/aromatic N) is 3. The maximum absolute atomic E-state index is 13.7. The number of nitrogens with one attached hydrogen (secondary N) is 2. The van der Waals surface area contributed by atoms with Gasteiger partial charge in [-0.3, -0.25) is 9.78 Å². The Kier molecular flexibility index (Phi) is 4.44. The summed E-state index contributed by atoms with van der Waals surface area (Å²) in [6.07, 6.45) is 3.06. The van der Waals surface area contributed by atoms with Gasteiger partial charge in [0.1, 0.15) is 11.6 Å². The first-order valence-corrected chi connectivity index (χ1v) is 8.16. The lowest BCUT2D eigenvalue weighted by atomic mass is 10.1. The molecule has 7 nitrogen and oxygen atoms in total. The standard InChI is InChI=1S/C19H14FN5O2/c20-13-5-3-4-12(10-13)17-18(14-6-1-2-8-21-14)25-16(24-17)11-22-19(26)15-7-9-23-27-15/h1-10H,11H2,(H,22,26)(H,24,25). The van der Waals surface area contributed by atoms with Gasteiger partial charge >= 0.3 is 0 Å². The van der Waals surface area contributed by atoms with Crippen LogP contribution in [-0.4, -0.2) is 26.0 Å². The van der Waals surface area contributed by atoms with Crippen LogP contribution < -0.4 is 5.32 Å². The van der Waals surface area contributed by atoms with E-state index in [4.69, 9.17) is 4.52 Å². The highest BCUT2D eigenvalue weighted by atomic mass is 19.1. The molecule has 0 bridgehead atoms. The highest BCUT2D eigenvalue weighted by Crippen LogP contribution is 2.29. The Balaban J connectivity index is 1.66. The normalized spacial score (nSPS) is 10.7. The minimum absolute atomic E-state index is 0.108. The van der Waals surface area contributed by atoms with Crippen LogP contribution in [0.3, 0.4) is 0 Å². The van der Waals surface area contributed by atoms with E-state index in [2.05, 4.69) is 25.4 Å². The van der Waals surface area contributed by atoms with E-state index in [9.17, 15) is 9.18 Å². The van der Waals surface area contributed by atoms with Gasteiger partial charge in [-0.25, -0.2) is 9.37 Å². The summed E-state index contributed by atoms with van der Waals surface area (Å²) in [7, 11) is 0. The van der Waals surface area contributed by atoms with Crippen molar-refractivity contribution in [2.75, 3.05) is 0 Å². The number of aromatic nitrogens is 4. The van der Waals surface area contributed by atoms with Gasteiger partial charge in [-0.05, 0) is 24.3 Å². The highest BCUT2D eigenvalue weighted by Gasteiger charge is 2.17. The fourth-order valence-electron chi connectivity index (χ4n) is 2.63. The molecule has 0 aliphatic carbocycles. The molecule has 0 unspecified atom stereocenters. The summed E-state index contributed by atoms with van der Waals surface area (Å²) < 4.78 is 18.5. The molecular formula is C19H14FN5O2. The van der Waals surface area contributed by atoms with Crippen molar-refractivity contribution in [1.82, 2.24) is 25.4 Å². The summed E-state index contributed by atoms with van der Waals surface area (Å²) in [5, 5.41) is 6.20. The minimum Gasteiger partial charge on any atom is -0.351 e. The average molecular weight is 363 g/mol. The first-order valence-electron chi connectivity index (χ1n) is 8.16. The Bertz CT molecular complexity index is 1060. The molecule has 0 atom stereocenters. The molecule has 0 radical (unpaired) electrons. The Hall–Kier alpha value is -3.81. The number of rotatable bonds is 5. The van der Waals surface area contributed by atoms with Gasteiger partial charge in [0, 0.05) is 17.8 Å². The van der Waals surface area contributed by atoms with Crippen molar-refractivity contribution in [3.05, 3.63) is 78.3 Å². The molecule has 8 heteroatoms. The molecule has 0 fully saturated rings. The number of imidazole rings is 1. The monoisotopic (exact) mass is 363 g/mol. The second kappa shape index (κ2) is 7.20. The quantitative estimate of drug-likeness (QED) is 0.568. The van der Waals surface area contributed by atoms with Gasteiger partial charge in [-0.2, -0.15) is 0 Å². The van der Waals surface area contributed by atoms with E-state index < -0.39 is 5.91 Å². The predicted molar refractivity (Wildman–Crippen MR) is 94.9 cm³/mol. The van der Waals surface area contributed by atoms with Gasteiger partial charge in [0.05, 0.1) is 29.8 Å². The summed E-state index contributed by atoms with van der Waals surface area (Å²) >= 11 is 0. The van der Waals surface area contributed by atoms with Gasteiger partial charge < -0.3 is 14.8 Å². The Labute approximate surface area is 153 Å². The van der Waals surface area contributed by atoms with E-state index in [0.717, 1.165) is 0 Å². The van der Waals surface area contributed by atoms with Crippen molar-refractivity contribution in [3.63, 3.8) is 0 Å². The Morgan fingerprint density at radius 1 is 1.15 bits per heavy atom. The van der Waals surface area contributed by atoms with Crippen LogP contribution in [0.15, 0.2) is 65.4 Å². The zero-order chi connectivity index (χ0) is 18.6. The van der Waals surface area contributed by atoms with Crippen molar-refractivity contribution in [1.29, 1.82) is 0 Å². The molecule has 1 amide bonds. The summed E-state index contributed by atoms with van der Waals surface area (Å²) in [6.45, 7) is 0.134. The summed E-state index contributed by atoms with van der Waals surface area (Å²) in [6, 6.07) is 13.1. The molecule has 1 aromatic carbocycles. The third kappa shape index (κ3) is 3.59. The van der Waals surface area contributed by atoms with Crippen LogP contribution in [0.25, 0.3) is 22.6 Å². The number of hydrogen-bond donors (Lipinski definition) is 2. The van der Waals surface area contributed by atoms with E-state index >= 15 is 0 Å². The average Bonchev–Trinajstić information content (AvgIpc) is 3.37. The molecule has 0 saturated carbocycles. The summed E-state index contributed by atoms with van der Waals surface area (Å²) in [5.41, 5.74) is 2.47. The van der Waals surface area contributed by atoms with Crippen LogP contribution in [0.5, 0.6) is 0 Å². The first-order chi connectivity index (χ1) is 13.2. The van der Waals surface area contributed by atoms with Crippen LogP contribution >= 0.6 is 0 Å². The SMILES string of the molecule is O=C(NCc1nc(-c2cccc(F)c2)c(-c2ccccn2)[nH]1)c1ccno1. The lowest BCUT2D eigenvalue weighted by molar-refractivity contribution is 0.0913. The van der Waals surface area contributed by atoms with E-state index in [1.807, 2.05) is 12.1 Å².